The topological polar surface area (TPSA) is 29.9 Å². The molecule has 1 aromatic heterocycles. The highest BCUT2D eigenvalue weighted by molar-refractivity contribution is 4.99. The first-order chi connectivity index (χ1) is 7.35. The van der Waals surface area contributed by atoms with Gasteiger partial charge < -0.3 is 9.88 Å². The van der Waals surface area contributed by atoms with E-state index >= 15 is 0 Å². The molecule has 0 spiro atoms. The van der Waals surface area contributed by atoms with Crippen LogP contribution in [0.25, 0.3) is 0 Å². The van der Waals surface area contributed by atoms with Crippen molar-refractivity contribution < 1.29 is 0 Å². The van der Waals surface area contributed by atoms with Gasteiger partial charge in [0.2, 0.25) is 0 Å². The molecule has 1 atom stereocenters. The molecule has 3 nitrogen and oxygen atoms in total. The Morgan fingerprint density at radius 1 is 1.60 bits per heavy atom. The maximum atomic E-state index is 4.46. The minimum Gasteiger partial charge on any atom is -0.335 e. The molecule has 84 valence electrons. The normalized spacial score (nSPS) is 18.0. The van der Waals surface area contributed by atoms with Crippen LogP contribution in [0.5, 0.6) is 0 Å². The summed E-state index contributed by atoms with van der Waals surface area (Å²) in [4.78, 5) is 4.46. The number of hydrogen-bond acceptors (Lipinski definition) is 2. The van der Waals surface area contributed by atoms with Crippen LogP contribution < -0.4 is 5.32 Å². The number of aromatic nitrogens is 2. The van der Waals surface area contributed by atoms with E-state index in [-0.39, 0.29) is 0 Å². The molecule has 1 aliphatic rings. The number of aryl methyl sites for hydroxylation is 1. The predicted molar refractivity (Wildman–Crippen MR) is 61.8 cm³/mol. The predicted octanol–water partition coefficient (Wildman–Crippen LogP) is 1.83. The van der Waals surface area contributed by atoms with Crippen LogP contribution in [0.15, 0.2) is 12.4 Å². The van der Waals surface area contributed by atoms with E-state index in [1.165, 1.54) is 25.1 Å². The molecule has 0 aliphatic heterocycles. The van der Waals surface area contributed by atoms with Crippen molar-refractivity contribution in [1.29, 1.82) is 0 Å². The van der Waals surface area contributed by atoms with Crippen LogP contribution in [0.4, 0.5) is 0 Å². The molecule has 0 radical (unpaired) electrons. The summed E-state index contributed by atoms with van der Waals surface area (Å²) in [6.45, 7) is 3.30. The zero-order valence-corrected chi connectivity index (χ0v) is 9.74. The molecule has 1 aromatic rings. The third-order valence-corrected chi connectivity index (χ3v) is 3.23. The van der Waals surface area contributed by atoms with E-state index in [0.717, 1.165) is 18.9 Å². The van der Waals surface area contributed by atoms with Gasteiger partial charge in [-0.15, -0.1) is 0 Å². The zero-order chi connectivity index (χ0) is 10.7. The summed E-state index contributed by atoms with van der Waals surface area (Å²) < 4.78 is 2.28. The van der Waals surface area contributed by atoms with Crippen LogP contribution >= 0.6 is 0 Å². The van der Waals surface area contributed by atoms with Gasteiger partial charge in [0, 0.05) is 31.4 Å². The minimum absolute atomic E-state index is 0.628. The SMILES string of the molecule is CCCn1ccnc1CC(NC)C1CC1. The molecule has 0 bridgehead atoms. The van der Waals surface area contributed by atoms with Crippen LogP contribution in [0, 0.1) is 5.92 Å². The van der Waals surface area contributed by atoms with Gasteiger partial charge in [0.05, 0.1) is 0 Å². The second-order valence-corrected chi connectivity index (χ2v) is 4.47. The monoisotopic (exact) mass is 207 g/mol. The summed E-state index contributed by atoms with van der Waals surface area (Å²) in [5, 5.41) is 3.42. The van der Waals surface area contributed by atoms with Gasteiger partial charge >= 0.3 is 0 Å². The first-order valence-electron chi connectivity index (χ1n) is 6.02. The fraction of sp³-hybridized carbons (Fsp3) is 0.750. The molecule has 1 heterocycles. The van der Waals surface area contributed by atoms with Crippen molar-refractivity contribution in [3.05, 3.63) is 18.2 Å². The van der Waals surface area contributed by atoms with Crippen molar-refractivity contribution >= 4 is 0 Å². The molecule has 1 aliphatic carbocycles. The third kappa shape index (κ3) is 2.59. The highest BCUT2D eigenvalue weighted by atomic mass is 15.1. The van der Waals surface area contributed by atoms with Crippen molar-refractivity contribution in [2.75, 3.05) is 7.05 Å². The van der Waals surface area contributed by atoms with Gasteiger partial charge in [0.15, 0.2) is 0 Å². The lowest BCUT2D eigenvalue weighted by atomic mass is 10.1. The van der Waals surface area contributed by atoms with E-state index in [4.69, 9.17) is 0 Å². The Bertz CT molecular complexity index is 302. The van der Waals surface area contributed by atoms with Crippen LogP contribution in [-0.4, -0.2) is 22.6 Å². The van der Waals surface area contributed by atoms with Gasteiger partial charge in [-0.05, 0) is 32.2 Å². The quantitative estimate of drug-likeness (QED) is 0.771. The Labute approximate surface area is 91.9 Å². The second kappa shape index (κ2) is 4.79. The molecule has 0 aromatic carbocycles. The molecule has 1 saturated carbocycles. The van der Waals surface area contributed by atoms with E-state index in [0.29, 0.717) is 6.04 Å². The summed E-state index contributed by atoms with van der Waals surface area (Å²) in [6, 6.07) is 0.628. The van der Waals surface area contributed by atoms with Gasteiger partial charge in [-0.25, -0.2) is 4.98 Å². The number of nitrogens with zero attached hydrogens (tertiary/aromatic N) is 2. The van der Waals surface area contributed by atoms with Gasteiger partial charge in [-0.2, -0.15) is 0 Å². The number of rotatable bonds is 6. The number of nitrogens with one attached hydrogen (secondary N) is 1. The van der Waals surface area contributed by atoms with Crippen LogP contribution in [0.3, 0.4) is 0 Å². The molecular formula is C12H21N3. The number of hydrogen-bond donors (Lipinski definition) is 1. The first-order valence-corrected chi connectivity index (χ1v) is 6.02. The summed E-state index contributed by atoms with van der Waals surface area (Å²) in [5.41, 5.74) is 0. The number of likely N-dealkylation sites (N-methyl/N-ethyl adjacent to an activating group) is 1. The van der Waals surface area contributed by atoms with Gasteiger partial charge in [-0.1, -0.05) is 6.92 Å². The lowest BCUT2D eigenvalue weighted by Gasteiger charge is -2.15. The fourth-order valence-corrected chi connectivity index (χ4v) is 2.17. The standard InChI is InChI=1S/C12H21N3/c1-3-7-15-8-6-14-12(15)9-11(13-2)10-4-5-10/h6,8,10-11,13H,3-5,7,9H2,1-2H3. The van der Waals surface area contributed by atoms with Crippen LogP contribution in [-0.2, 0) is 13.0 Å². The Hall–Kier alpha value is -0.830. The lowest BCUT2D eigenvalue weighted by molar-refractivity contribution is 0.476. The molecule has 1 unspecified atom stereocenters. The molecule has 3 heteroatoms. The van der Waals surface area contributed by atoms with Gasteiger partial charge in [0.1, 0.15) is 5.82 Å². The first kappa shape index (κ1) is 10.7. The summed E-state index contributed by atoms with van der Waals surface area (Å²) >= 11 is 0. The molecule has 15 heavy (non-hydrogen) atoms. The van der Waals surface area contributed by atoms with Crippen molar-refractivity contribution in [3.63, 3.8) is 0 Å². The Morgan fingerprint density at radius 2 is 2.40 bits per heavy atom. The lowest BCUT2D eigenvalue weighted by Crippen LogP contribution is -2.30. The molecule has 0 saturated heterocycles. The van der Waals surface area contributed by atoms with Gasteiger partial charge in [0.25, 0.3) is 0 Å². The smallest absolute Gasteiger partial charge is 0.110 e. The second-order valence-electron chi connectivity index (χ2n) is 4.47. The van der Waals surface area contributed by atoms with Crippen molar-refractivity contribution in [2.24, 2.45) is 5.92 Å². The highest BCUT2D eigenvalue weighted by Gasteiger charge is 2.30. The van der Waals surface area contributed by atoms with E-state index < -0.39 is 0 Å². The van der Waals surface area contributed by atoms with E-state index in [1.54, 1.807) is 0 Å². The van der Waals surface area contributed by atoms with E-state index in [1.807, 2.05) is 6.20 Å². The maximum Gasteiger partial charge on any atom is 0.110 e. The molecule has 1 N–H and O–H groups in total. The number of imidazole rings is 1. The zero-order valence-electron chi connectivity index (χ0n) is 9.74. The molecular weight excluding hydrogens is 186 g/mol. The largest absolute Gasteiger partial charge is 0.335 e. The summed E-state index contributed by atoms with van der Waals surface area (Å²) in [5.74, 6) is 2.13. The van der Waals surface area contributed by atoms with Crippen LogP contribution in [0.2, 0.25) is 0 Å². The molecule has 2 rings (SSSR count). The van der Waals surface area contributed by atoms with Crippen molar-refractivity contribution in [3.8, 4) is 0 Å². The molecule has 0 amide bonds. The average molecular weight is 207 g/mol. The van der Waals surface area contributed by atoms with Crippen molar-refractivity contribution in [1.82, 2.24) is 14.9 Å². The maximum absolute atomic E-state index is 4.46. The average Bonchev–Trinajstić information content (AvgIpc) is 2.99. The third-order valence-electron chi connectivity index (χ3n) is 3.23. The van der Waals surface area contributed by atoms with Crippen molar-refractivity contribution in [2.45, 2.75) is 45.2 Å². The highest BCUT2D eigenvalue weighted by Crippen LogP contribution is 2.33. The van der Waals surface area contributed by atoms with E-state index in [2.05, 4.69) is 35.0 Å². The van der Waals surface area contributed by atoms with E-state index in [9.17, 15) is 0 Å². The summed E-state index contributed by atoms with van der Waals surface area (Å²) in [6.07, 6.45) is 9.05. The Morgan fingerprint density at radius 3 is 3.00 bits per heavy atom. The van der Waals surface area contributed by atoms with Crippen LogP contribution in [0.1, 0.15) is 32.0 Å². The summed E-state index contributed by atoms with van der Waals surface area (Å²) in [7, 11) is 2.07. The Kier molecular flexibility index (Phi) is 3.41. The molecule has 1 fully saturated rings. The fourth-order valence-electron chi connectivity index (χ4n) is 2.17. The van der Waals surface area contributed by atoms with Gasteiger partial charge in [-0.3, -0.25) is 0 Å². The Balaban J connectivity index is 1.98. The minimum atomic E-state index is 0.628.